The molecule has 0 saturated carbocycles. The number of H-pyrrole nitrogens is 2. The maximum atomic E-state index is 11.9. The molecule has 2 aromatic heterocycles. The molecule has 0 unspecified atom stereocenters. The molecule has 7 heteroatoms. The smallest absolute Gasteiger partial charge is 0.209 e. The Kier molecular flexibility index (Phi) is 4.24. The molecule has 0 atom stereocenters. The lowest BCUT2D eigenvalue weighted by Crippen LogP contribution is -2.02. The highest BCUT2D eigenvalue weighted by Gasteiger charge is 2.11. The molecule has 0 bridgehead atoms. The third-order valence-electron chi connectivity index (χ3n) is 3.06. The average Bonchev–Trinajstić information content (AvgIpc) is 3.24. The van der Waals surface area contributed by atoms with Crippen LogP contribution in [0.25, 0.3) is 11.4 Å². The number of hydrogen-bond donors (Lipinski definition) is 2. The van der Waals surface area contributed by atoms with Crippen molar-refractivity contribution >= 4 is 17.5 Å². The summed E-state index contributed by atoms with van der Waals surface area (Å²) in [6, 6.07) is 11.1. The summed E-state index contributed by atoms with van der Waals surface area (Å²) in [5.74, 6) is 1.76. The van der Waals surface area contributed by atoms with E-state index in [4.69, 9.17) is 4.74 Å². The Labute approximate surface area is 131 Å². The summed E-state index contributed by atoms with van der Waals surface area (Å²) >= 11 is 1.30. The van der Waals surface area contributed by atoms with Gasteiger partial charge in [0.25, 0.3) is 0 Å². The minimum atomic E-state index is 0.0193. The first-order valence-electron chi connectivity index (χ1n) is 6.62. The van der Waals surface area contributed by atoms with Gasteiger partial charge in [-0.15, -0.1) is 5.10 Å². The second kappa shape index (κ2) is 6.48. The highest BCUT2D eigenvalue weighted by atomic mass is 32.2. The topological polar surface area (TPSA) is 83.7 Å². The Morgan fingerprint density at radius 1 is 1.27 bits per heavy atom. The van der Waals surface area contributed by atoms with Gasteiger partial charge in [-0.25, -0.2) is 4.98 Å². The summed E-state index contributed by atoms with van der Waals surface area (Å²) in [6.45, 7) is 0. The number of benzene rings is 1. The summed E-state index contributed by atoms with van der Waals surface area (Å²) in [5, 5.41) is 7.54. The van der Waals surface area contributed by atoms with E-state index in [1.165, 1.54) is 11.8 Å². The minimum Gasteiger partial charge on any atom is -0.497 e. The van der Waals surface area contributed by atoms with Crippen molar-refractivity contribution in [3.05, 3.63) is 48.3 Å². The van der Waals surface area contributed by atoms with Crippen LogP contribution in [0.4, 0.5) is 0 Å². The maximum absolute atomic E-state index is 11.9. The first-order valence-corrected chi connectivity index (χ1v) is 7.61. The lowest BCUT2D eigenvalue weighted by atomic mass is 10.2. The van der Waals surface area contributed by atoms with E-state index in [2.05, 4.69) is 20.2 Å². The van der Waals surface area contributed by atoms with Gasteiger partial charge in [-0.1, -0.05) is 11.8 Å². The van der Waals surface area contributed by atoms with Crippen molar-refractivity contribution in [3.63, 3.8) is 0 Å². The van der Waals surface area contributed by atoms with E-state index in [0.29, 0.717) is 22.4 Å². The van der Waals surface area contributed by atoms with Crippen LogP contribution in [0.3, 0.4) is 0 Å². The summed E-state index contributed by atoms with van der Waals surface area (Å²) in [6.07, 6.45) is 1.73. The molecule has 0 amide bonds. The zero-order valence-corrected chi connectivity index (χ0v) is 12.7. The highest BCUT2D eigenvalue weighted by Crippen LogP contribution is 2.22. The van der Waals surface area contributed by atoms with Gasteiger partial charge in [0.2, 0.25) is 5.16 Å². The van der Waals surface area contributed by atoms with Crippen molar-refractivity contribution in [3.8, 4) is 17.1 Å². The van der Waals surface area contributed by atoms with Crippen LogP contribution in [0.2, 0.25) is 0 Å². The second-order valence-corrected chi connectivity index (χ2v) is 5.43. The molecule has 3 aromatic rings. The third-order valence-corrected chi connectivity index (χ3v) is 3.91. The number of methoxy groups -OCH3 is 1. The molecule has 2 heterocycles. The molecule has 0 fully saturated rings. The monoisotopic (exact) mass is 314 g/mol. The number of Topliss-reactive ketones (excluding diaryl/α,β-unsaturated/α-hetero) is 1. The van der Waals surface area contributed by atoms with Crippen LogP contribution in [0.5, 0.6) is 5.75 Å². The number of ether oxygens (including phenoxy) is 1. The molecule has 1 aromatic carbocycles. The molecular weight excluding hydrogens is 300 g/mol. The van der Waals surface area contributed by atoms with Gasteiger partial charge in [-0.2, -0.15) is 0 Å². The zero-order valence-electron chi connectivity index (χ0n) is 11.9. The quantitative estimate of drug-likeness (QED) is 0.540. The molecule has 112 valence electrons. The molecular formula is C15H14N4O2S. The molecule has 2 N–H and O–H groups in total. The fourth-order valence-electron chi connectivity index (χ4n) is 1.90. The standard InChI is InChI=1S/C15H14N4O2S/c1-21-11-6-4-10(5-7-11)14-17-15(19-18-14)22-9-13(20)12-3-2-8-16-12/h2-8,16H,9H2,1H3,(H,17,18,19). The number of hydrogen-bond acceptors (Lipinski definition) is 5. The van der Waals surface area contributed by atoms with Crippen LogP contribution >= 0.6 is 11.8 Å². The minimum absolute atomic E-state index is 0.0193. The van der Waals surface area contributed by atoms with Gasteiger partial charge in [-0.05, 0) is 36.4 Å². The van der Waals surface area contributed by atoms with Gasteiger partial charge >= 0.3 is 0 Å². The molecule has 6 nitrogen and oxygen atoms in total. The van der Waals surface area contributed by atoms with E-state index in [0.717, 1.165) is 11.3 Å². The molecule has 0 aliphatic carbocycles. The van der Waals surface area contributed by atoms with Gasteiger partial charge in [0.05, 0.1) is 18.6 Å². The normalized spacial score (nSPS) is 10.6. The average molecular weight is 314 g/mol. The number of rotatable bonds is 6. The first kappa shape index (κ1) is 14.4. The van der Waals surface area contributed by atoms with Gasteiger partial charge in [0, 0.05) is 11.8 Å². The van der Waals surface area contributed by atoms with Gasteiger partial charge in [0.15, 0.2) is 11.6 Å². The summed E-state index contributed by atoms with van der Waals surface area (Å²) in [5.41, 5.74) is 1.51. The first-order chi connectivity index (χ1) is 10.8. The van der Waals surface area contributed by atoms with E-state index in [1.807, 2.05) is 24.3 Å². The third kappa shape index (κ3) is 3.20. The lowest BCUT2D eigenvalue weighted by molar-refractivity contribution is 0.101. The van der Waals surface area contributed by atoms with E-state index in [-0.39, 0.29) is 5.78 Å². The molecule has 0 aliphatic rings. The van der Waals surface area contributed by atoms with Crippen LogP contribution in [-0.2, 0) is 0 Å². The number of aromatic amines is 2. The number of carbonyl (C=O) groups excluding carboxylic acids is 1. The summed E-state index contributed by atoms with van der Waals surface area (Å²) in [4.78, 5) is 19.2. The van der Waals surface area contributed by atoms with Crippen LogP contribution in [0.1, 0.15) is 10.5 Å². The van der Waals surface area contributed by atoms with Gasteiger partial charge in [-0.3, -0.25) is 9.89 Å². The Balaban J connectivity index is 1.64. The fourth-order valence-corrected chi connectivity index (χ4v) is 2.58. The number of nitrogens with zero attached hydrogens (tertiary/aromatic N) is 2. The number of aromatic nitrogens is 4. The van der Waals surface area contributed by atoms with Crippen molar-refractivity contribution in [1.82, 2.24) is 20.2 Å². The van der Waals surface area contributed by atoms with Crippen LogP contribution in [-0.4, -0.2) is 38.8 Å². The molecule has 3 rings (SSSR count). The number of nitrogens with one attached hydrogen (secondary N) is 2. The Hall–Kier alpha value is -2.54. The molecule has 0 saturated heterocycles. The van der Waals surface area contributed by atoms with E-state index < -0.39 is 0 Å². The maximum Gasteiger partial charge on any atom is 0.209 e. The van der Waals surface area contributed by atoms with Crippen molar-refractivity contribution in [2.45, 2.75) is 5.16 Å². The van der Waals surface area contributed by atoms with Crippen LogP contribution in [0.15, 0.2) is 47.8 Å². The molecule has 0 aliphatic heterocycles. The van der Waals surface area contributed by atoms with Crippen molar-refractivity contribution in [2.75, 3.05) is 12.9 Å². The predicted molar refractivity (Wildman–Crippen MR) is 84.2 cm³/mol. The number of ketones is 1. The summed E-state index contributed by atoms with van der Waals surface area (Å²) < 4.78 is 5.12. The van der Waals surface area contributed by atoms with Gasteiger partial charge in [0.1, 0.15) is 5.75 Å². The van der Waals surface area contributed by atoms with E-state index >= 15 is 0 Å². The fraction of sp³-hybridized carbons (Fsp3) is 0.133. The van der Waals surface area contributed by atoms with E-state index in [9.17, 15) is 4.79 Å². The lowest BCUT2D eigenvalue weighted by Gasteiger charge is -1.99. The van der Waals surface area contributed by atoms with E-state index in [1.54, 1.807) is 25.4 Å². The van der Waals surface area contributed by atoms with Crippen LogP contribution in [0, 0.1) is 0 Å². The van der Waals surface area contributed by atoms with Crippen molar-refractivity contribution in [1.29, 1.82) is 0 Å². The van der Waals surface area contributed by atoms with Crippen molar-refractivity contribution < 1.29 is 9.53 Å². The number of carbonyl (C=O) groups is 1. The molecule has 0 spiro atoms. The van der Waals surface area contributed by atoms with Gasteiger partial charge < -0.3 is 9.72 Å². The molecule has 22 heavy (non-hydrogen) atoms. The number of thioether (sulfide) groups is 1. The predicted octanol–water partition coefficient (Wildman–Crippen LogP) is 2.78. The Morgan fingerprint density at radius 2 is 2.09 bits per heavy atom. The summed E-state index contributed by atoms with van der Waals surface area (Å²) in [7, 11) is 1.62. The second-order valence-electron chi connectivity index (χ2n) is 4.49. The Morgan fingerprint density at radius 3 is 2.77 bits per heavy atom. The highest BCUT2D eigenvalue weighted by molar-refractivity contribution is 7.99. The van der Waals surface area contributed by atoms with Crippen molar-refractivity contribution in [2.24, 2.45) is 0 Å². The molecule has 0 radical (unpaired) electrons. The SMILES string of the molecule is COc1ccc(-c2nc(SCC(=O)c3ccc[nH]3)n[nH]2)cc1. The largest absolute Gasteiger partial charge is 0.497 e. The Bertz CT molecular complexity index is 750. The zero-order chi connectivity index (χ0) is 15.4. The van der Waals surface area contributed by atoms with Crippen LogP contribution < -0.4 is 4.74 Å².